The molecule has 0 aliphatic carbocycles. The molecule has 0 aromatic heterocycles. The van der Waals surface area contributed by atoms with Crippen LogP contribution in [0.4, 0.5) is 0 Å². The number of hydrogen-bond acceptors (Lipinski definition) is 2. The van der Waals surface area contributed by atoms with E-state index in [-0.39, 0.29) is 0 Å². The molecule has 0 aromatic rings. The molecule has 0 radical (unpaired) electrons. The highest BCUT2D eigenvalue weighted by molar-refractivity contribution is 4.44. The molecule has 0 unspecified atom stereocenters. The van der Waals surface area contributed by atoms with Crippen molar-refractivity contribution in [2.45, 2.75) is 84.5 Å². The summed E-state index contributed by atoms with van der Waals surface area (Å²) < 4.78 is 11.2. The summed E-state index contributed by atoms with van der Waals surface area (Å²) in [5.41, 5.74) is 0. The van der Waals surface area contributed by atoms with Crippen molar-refractivity contribution in [3.63, 3.8) is 0 Å². The number of hydrogen-bond donors (Lipinski definition) is 0. The van der Waals surface area contributed by atoms with Gasteiger partial charge in [-0.3, -0.25) is 0 Å². The van der Waals surface area contributed by atoms with E-state index in [0.717, 1.165) is 26.4 Å². The zero-order valence-electron chi connectivity index (χ0n) is 13.4. The molecule has 0 aliphatic rings. The van der Waals surface area contributed by atoms with Gasteiger partial charge in [0.2, 0.25) is 0 Å². The fourth-order valence-corrected chi connectivity index (χ4v) is 2.05. The molecule has 2 nitrogen and oxygen atoms in total. The number of rotatable bonds is 16. The molecule has 0 aliphatic heterocycles. The predicted molar refractivity (Wildman–Crippen MR) is 83.8 cm³/mol. The fourth-order valence-electron chi connectivity index (χ4n) is 2.05. The summed E-state index contributed by atoms with van der Waals surface area (Å²) in [5, 5.41) is 0. The number of unbranched alkanes of at least 4 members (excludes halogenated alkanes) is 8. The van der Waals surface area contributed by atoms with E-state index >= 15 is 0 Å². The number of ether oxygens (including phenoxy) is 2. The van der Waals surface area contributed by atoms with Gasteiger partial charge in [-0.2, -0.15) is 0 Å². The van der Waals surface area contributed by atoms with Crippen molar-refractivity contribution >= 4 is 0 Å². The Morgan fingerprint density at radius 3 is 1.05 bits per heavy atom. The van der Waals surface area contributed by atoms with Crippen molar-refractivity contribution < 1.29 is 9.47 Å². The van der Waals surface area contributed by atoms with Crippen molar-refractivity contribution in [1.29, 1.82) is 0 Å². The first-order valence-corrected chi connectivity index (χ1v) is 8.57. The Labute approximate surface area is 121 Å². The molecule has 116 valence electrons. The van der Waals surface area contributed by atoms with Crippen LogP contribution < -0.4 is 0 Å². The maximum absolute atomic E-state index is 5.61. The van der Waals surface area contributed by atoms with Gasteiger partial charge in [-0.05, 0) is 32.1 Å². The monoisotopic (exact) mass is 272 g/mol. The lowest BCUT2D eigenvalue weighted by atomic mass is 10.2. The van der Waals surface area contributed by atoms with Gasteiger partial charge in [0.1, 0.15) is 0 Å². The van der Waals surface area contributed by atoms with E-state index < -0.39 is 0 Å². The quantitative estimate of drug-likeness (QED) is 0.353. The van der Waals surface area contributed by atoms with E-state index in [1.807, 2.05) is 0 Å². The highest BCUT2D eigenvalue weighted by atomic mass is 16.5. The Hall–Kier alpha value is -0.0800. The van der Waals surface area contributed by atoms with Crippen LogP contribution in [0.2, 0.25) is 0 Å². The largest absolute Gasteiger partial charge is 0.381 e. The third kappa shape index (κ3) is 17.9. The van der Waals surface area contributed by atoms with Crippen LogP contribution in [-0.4, -0.2) is 26.4 Å². The third-order valence-corrected chi connectivity index (χ3v) is 3.36. The summed E-state index contributed by atoms with van der Waals surface area (Å²) in [7, 11) is 0. The molecule has 0 heterocycles. The minimum absolute atomic E-state index is 0.933. The Morgan fingerprint density at radius 2 is 0.737 bits per heavy atom. The van der Waals surface area contributed by atoms with Gasteiger partial charge in [-0.25, -0.2) is 0 Å². The van der Waals surface area contributed by atoms with E-state index in [2.05, 4.69) is 13.8 Å². The second kappa shape index (κ2) is 17.9. The Balaban J connectivity index is 2.88. The third-order valence-electron chi connectivity index (χ3n) is 3.36. The topological polar surface area (TPSA) is 18.5 Å². The first-order valence-electron chi connectivity index (χ1n) is 8.57. The molecule has 0 saturated heterocycles. The van der Waals surface area contributed by atoms with Crippen LogP contribution in [0.5, 0.6) is 0 Å². The van der Waals surface area contributed by atoms with Gasteiger partial charge in [0, 0.05) is 26.4 Å². The van der Waals surface area contributed by atoms with Gasteiger partial charge in [-0.1, -0.05) is 52.4 Å². The molecule has 0 aromatic carbocycles. The summed E-state index contributed by atoms with van der Waals surface area (Å²) in [5.74, 6) is 0. The smallest absolute Gasteiger partial charge is 0.0466 e. The van der Waals surface area contributed by atoms with Gasteiger partial charge in [0.15, 0.2) is 0 Å². The highest BCUT2D eigenvalue weighted by Crippen LogP contribution is 2.02. The zero-order chi connectivity index (χ0) is 14.0. The lowest BCUT2D eigenvalue weighted by Crippen LogP contribution is -2.00. The molecule has 2 heteroatoms. The molecule has 0 bridgehead atoms. The van der Waals surface area contributed by atoms with Gasteiger partial charge in [-0.15, -0.1) is 0 Å². The normalized spacial score (nSPS) is 11.1. The van der Waals surface area contributed by atoms with Crippen molar-refractivity contribution in [3.05, 3.63) is 0 Å². The lowest BCUT2D eigenvalue weighted by Gasteiger charge is -2.05. The molecular weight excluding hydrogens is 236 g/mol. The van der Waals surface area contributed by atoms with Crippen LogP contribution in [0.1, 0.15) is 84.5 Å². The molecule has 19 heavy (non-hydrogen) atoms. The van der Waals surface area contributed by atoms with Crippen molar-refractivity contribution in [2.75, 3.05) is 26.4 Å². The second-order valence-corrected chi connectivity index (χ2v) is 5.41. The molecule has 0 saturated carbocycles. The molecule has 0 atom stereocenters. The van der Waals surface area contributed by atoms with Crippen LogP contribution >= 0.6 is 0 Å². The summed E-state index contributed by atoms with van der Waals surface area (Å²) in [6.07, 6.45) is 14.0. The summed E-state index contributed by atoms with van der Waals surface area (Å²) in [6.45, 7) is 8.26. The maximum Gasteiger partial charge on any atom is 0.0466 e. The Morgan fingerprint density at radius 1 is 0.421 bits per heavy atom. The van der Waals surface area contributed by atoms with E-state index in [1.54, 1.807) is 0 Å². The average Bonchev–Trinajstić information content (AvgIpc) is 2.43. The first-order chi connectivity index (χ1) is 9.41. The van der Waals surface area contributed by atoms with Gasteiger partial charge in [0.05, 0.1) is 0 Å². The van der Waals surface area contributed by atoms with Crippen LogP contribution in [0, 0.1) is 0 Å². The first kappa shape index (κ1) is 18.9. The maximum atomic E-state index is 5.61. The zero-order valence-corrected chi connectivity index (χ0v) is 13.4. The van der Waals surface area contributed by atoms with Crippen LogP contribution in [0.15, 0.2) is 0 Å². The van der Waals surface area contributed by atoms with Crippen molar-refractivity contribution in [2.24, 2.45) is 0 Å². The molecular formula is C17H36O2. The molecule has 0 amide bonds. The standard InChI is InChI=1S/C17H36O2/c1-3-5-7-10-14-18-16-12-9-13-17-19-15-11-8-6-4-2/h3-17H2,1-2H3. The van der Waals surface area contributed by atoms with Crippen LogP contribution in [-0.2, 0) is 9.47 Å². The molecule has 0 N–H and O–H groups in total. The molecule has 0 fully saturated rings. The summed E-state index contributed by atoms with van der Waals surface area (Å²) >= 11 is 0. The predicted octanol–water partition coefficient (Wildman–Crippen LogP) is 5.35. The molecule has 0 spiro atoms. The van der Waals surface area contributed by atoms with Crippen LogP contribution in [0.25, 0.3) is 0 Å². The molecule has 0 rings (SSSR count). The van der Waals surface area contributed by atoms with E-state index in [4.69, 9.17) is 9.47 Å². The minimum Gasteiger partial charge on any atom is -0.381 e. The van der Waals surface area contributed by atoms with Crippen molar-refractivity contribution in [3.8, 4) is 0 Å². The minimum atomic E-state index is 0.933. The fraction of sp³-hybridized carbons (Fsp3) is 1.00. The highest BCUT2D eigenvalue weighted by Gasteiger charge is 1.93. The van der Waals surface area contributed by atoms with Gasteiger partial charge in [0.25, 0.3) is 0 Å². The Bertz CT molecular complexity index is 132. The van der Waals surface area contributed by atoms with Gasteiger partial charge < -0.3 is 9.47 Å². The SMILES string of the molecule is CCCCCCOCCCCCOCCCCCC. The Kier molecular flexibility index (Phi) is 17.8. The van der Waals surface area contributed by atoms with Gasteiger partial charge >= 0.3 is 0 Å². The second-order valence-electron chi connectivity index (χ2n) is 5.41. The van der Waals surface area contributed by atoms with E-state index in [0.29, 0.717) is 0 Å². The van der Waals surface area contributed by atoms with E-state index in [1.165, 1.54) is 70.6 Å². The lowest BCUT2D eigenvalue weighted by molar-refractivity contribution is 0.111. The van der Waals surface area contributed by atoms with E-state index in [9.17, 15) is 0 Å². The average molecular weight is 272 g/mol. The summed E-state index contributed by atoms with van der Waals surface area (Å²) in [4.78, 5) is 0. The van der Waals surface area contributed by atoms with Crippen molar-refractivity contribution in [1.82, 2.24) is 0 Å². The summed E-state index contributed by atoms with van der Waals surface area (Å²) in [6, 6.07) is 0. The van der Waals surface area contributed by atoms with Crippen LogP contribution in [0.3, 0.4) is 0 Å².